The van der Waals surface area contributed by atoms with E-state index in [1.165, 1.54) is 5.56 Å². The second-order valence-corrected chi connectivity index (χ2v) is 12.7. The first-order valence-electron chi connectivity index (χ1n) is 14.3. The van der Waals surface area contributed by atoms with Crippen molar-refractivity contribution in [3.05, 3.63) is 65.7 Å². The van der Waals surface area contributed by atoms with Crippen LogP contribution in [0.4, 0.5) is 10.5 Å². The number of hydrogen-bond donors (Lipinski definition) is 1. The molecule has 2 aromatic rings. The van der Waals surface area contributed by atoms with Gasteiger partial charge in [0, 0.05) is 52.2 Å². The summed E-state index contributed by atoms with van der Waals surface area (Å²) in [7, 11) is 0. The molecule has 1 N–H and O–H groups in total. The number of amides is 4. The molecule has 210 valence electrons. The Hall–Kier alpha value is -3.00. The van der Waals surface area contributed by atoms with Gasteiger partial charge in [-0.2, -0.15) is 0 Å². The van der Waals surface area contributed by atoms with Crippen LogP contribution in [0.25, 0.3) is 0 Å². The van der Waals surface area contributed by atoms with Crippen molar-refractivity contribution in [2.24, 2.45) is 5.92 Å². The van der Waals surface area contributed by atoms with E-state index in [0.717, 1.165) is 49.9 Å². The maximum atomic E-state index is 13.4. The summed E-state index contributed by atoms with van der Waals surface area (Å²) in [5.74, 6) is 0.671. The smallest absolute Gasteiger partial charge is 0.322 e. The summed E-state index contributed by atoms with van der Waals surface area (Å²) < 4.78 is 0. The number of likely N-dealkylation sites (tertiary alicyclic amines) is 1. The first-order chi connectivity index (χ1) is 18.9. The van der Waals surface area contributed by atoms with Crippen LogP contribution in [0.3, 0.4) is 0 Å². The Balaban J connectivity index is 0.00000370. The molecule has 3 aliphatic heterocycles. The lowest BCUT2D eigenvalue weighted by molar-refractivity contribution is -0.136. The van der Waals surface area contributed by atoms with Crippen LogP contribution in [0, 0.1) is 5.92 Å². The highest BCUT2D eigenvalue weighted by molar-refractivity contribution is 8.01. The van der Waals surface area contributed by atoms with Crippen LogP contribution in [-0.2, 0) is 22.4 Å². The molecule has 2 fully saturated rings. The lowest BCUT2D eigenvalue weighted by Crippen LogP contribution is -2.50. The van der Waals surface area contributed by atoms with E-state index >= 15 is 0 Å². The number of carbonyl (C=O) groups is 3. The number of rotatable bonds is 8. The average molecular weight is 551 g/mol. The Bertz CT molecular complexity index is 1170. The van der Waals surface area contributed by atoms with E-state index in [4.69, 9.17) is 0 Å². The standard InChI is InChI=1S/C31H40N4O3S.H2/c1-22(2)12-18-35-29(20-23-8-4-3-5-9-23)39-27(30(35)37)21-28(36)33-16-14-25(15-17-33)34-19-13-24-10-6-7-11-26(24)32-31(34)38;/h3-11,22,25,27,29H,12-21H2,1-2H3,(H,32,38);1H. The molecule has 2 aromatic carbocycles. The highest BCUT2D eigenvalue weighted by Gasteiger charge is 2.42. The molecule has 3 heterocycles. The summed E-state index contributed by atoms with van der Waals surface area (Å²) in [6.45, 7) is 7.02. The molecule has 3 aliphatic rings. The molecule has 0 spiro atoms. The predicted molar refractivity (Wildman–Crippen MR) is 159 cm³/mol. The van der Waals surface area contributed by atoms with E-state index < -0.39 is 0 Å². The van der Waals surface area contributed by atoms with Crippen molar-refractivity contribution in [1.82, 2.24) is 14.7 Å². The molecule has 39 heavy (non-hydrogen) atoms. The van der Waals surface area contributed by atoms with Crippen molar-refractivity contribution in [2.45, 2.75) is 69.0 Å². The molecule has 5 rings (SSSR count). The predicted octanol–water partition coefficient (Wildman–Crippen LogP) is 5.26. The van der Waals surface area contributed by atoms with E-state index in [1.54, 1.807) is 11.8 Å². The Kier molecular flexibility index (Phi) is 8.80. The lowest BCUT2D eigenvalue weighted by atomic mass is 10.0. The number of nitrogens with one attached hydrogen (secondary N) is 1. The fourth-order valence-electron chi connectivity index (χ4n) is 5.86. The van der Waals surface area contributed by atoms with Gasteiger partial charge in [-0.1, -0.05) is 62.4 Å². The van der Waals surface area contributed by atoms with E-state index in [-0.39, 0.29) is 42.4 Å². The molecule has 2 atom stereocenters. The molecule has 8 heteroatoms. The zero-order valence-electron chi connectivity index (χ0n) is 23.1. The van der Waals surface area contributed by atoms with Crippen LogP contribution in [0.5, 0.6) is 0 Å². The van der Waals surface area contributed by atoms with E-state index in [9.17, 15) is 14.4 Å². The monoisotopic (exact) mass is 550 g/mol. The Morgan fingerprint density at radius 2 is 1.74 bits per heavy atom. The molecule has 2 saturated heterocycles. The van der Waals surface area contributed by atoms with Crippen molar-refractivity contribution in [2.75, 3.05) is 31.5 Å². The molecular weight excluding hydrogens is 508 g/mol. The first kappa shape index (κ1) is 27.6. The van der Waals surface area contributed by atoms with Crippen molar-refractivity contribution in [3.8, 4) is 0 Å². The van der Waals surface area contributed by atoms with Gasteiger partial charge < -0.3 is 20.0 Å². The topological polar surface area (TPSA) is 73.0 Å². The van der Waals surface area contributed by atoms with Crippen LogP contribution in [0.15, 0.2) is 54.6 Å². The number of urea groups is 1. The minimum atomic E-state index is -0.328. The Morgan fingerprint density at radius 3 is 2.49 bits per heavy atom. The summed E-state index contributed by atoms with van der Waals surface area (Å²) in [4.78, 5) is 45.6. The number of hydrogen-bond acceptors (Lipinski definition) is 4. The lowest BCUT2D eigenvalue weighted by Gasteiger charge is -2.38. The number of carbonyl (C=O) groups excluding carboxylic acids is 3. The summed E-state index contributed by atoms with van der Waals surface area (Å²) in [6.07, 6.45) is 4.36. The van der Waals surface area contributed by atoms with Gasteiger partial charge in [-0.3, -0.25) is 9.59 Å². The Morgan fingerprint density at radius 1 is 1.03 bits per heavy atom. The third-order valence-corrected chi connectivity index (χ3v) is 9.62. The molecular formula is C31H42N4O3S. The number of fused-ring (bicyclic) bond motifs is 1. The maximum absolute atomic E-state index is 13.4. The maximum Gasteiger partial charge on any atom is 0.322 e. The quantitative estimate of drug-likeness (QED) is 0.487. The fourth-order valence-corrected chi connectivity index (χ4v) is 7.38. The van der Waals surface area contributed by atoms with Crippen LogP contribution in [0.2, 0.25) is 0 Å². The van der Waals surface area contributed by atoms with Crippen LogP contribution >= 0.6 is 11.8 Å². The average Bonchev–Trinajstić information content (AvgIpc) is 3.10. The second-order valence-electron chi connectivity index (χ2n) is 11.3. The normalized spacial score (nSPS) is 22.2. The molecule has 4 amide bonds. The minimum absolute atomic E-state index is 0. The van der Waals surface area contributed by atoms with Gasteiger partial charge in [0.05, 0.1) is 10.6 Å². The summed E-state index contributed by atoms with van der Waals surface area (Å²) in [5, 5.41) is 2.80. The van der Waals surface area contributed by atoms with E-state index in [2.05, 4.69) is 37.4 Å². The Labute approximate surface area is 237 Å². The van der Waals surface area contributed by atoms with Crippen molar-refractivity contribution in [3.63, 3.8) is 0 Å². The van der Waals surface area contributed by atoms with Gasteiger partial charge in [-0.25, -0.2) is 4.79 Å². The zero-order valence-corrected chi connectivity index (χ0v) is 23.9. The fraction of sp³-hybridized carbons (Fsp3) is 0.516. The SMILES string of the molecule is CC(C)CCN1C(=O)C(CC(=O)N2CCC(N3CCc4ccccc4NC3=O)CC2)SC1Cc1ccccc1.[HH]. The summed E-state index contributed by atoms with van der Waals surface area (Å²) in [6, 6.07) is 18.3. The number of para-hydroxylation sites is 1. The van der Waals surface area contributed by atoms with Crippen LogP contribution in [-0.4, -0.2) is 75.4 Å². The molecule has 2 unspecified atom stereocenters. The molecule has 0 aliphatic carbocycles. The highest BCUT2D eigenvalue weighted by atomic mass is 32.2. The van der Waals surface area contributed by atoms with Gasteiger partial charge in [0.1, 0.15) is 0 Å². The van der Waals surface area contributed by atoms with Crippen molar-refractivity contribution < 1.29 is 15.8 Å². The van der Waals surface area contributed by atoms with Gasteiger partial charge in [-0.15, -0.1) is 11.8 Å². The van der Waals surface area contributed by atoms with E-state index in [1.807, 2.05) is 51.1 Å². The minimum Gasteiger partial charge on any atom is -0.342 e. The number of benzene rings is 2. The van der Waals surface area contributed by atoms with Gasteiger partial charge >= 0.3 is 6.03 Å². The largest absolute Gasteiger partial charge is 0.342 e. The molecule has 7 nitrogen and oxygen atoms in total. The molecule has 0 saturated carbocycles. The zero-order chi connectivity index (χ0) is 27.4. The van der Waals surface area contributed by atoms with Gasteiger partial charge in [0.2, 0.25) is 11.8 Å². The van der Waals surface area contributed by atoms with E-state index in [0.29, 0.717) is 25.6 Å². The van der Waals surface area contributed by atoms with Crippen LogP contribution < -0.4 is 5.32 Å². The third-order valence-electron chi connectivity index (χ3n) is 8.19. The number of nitrogens with zero attached hydrogens (tertiary/aromatic N) is 3. The van der Waals surface area contributed by atoms with Crippen LogP contribution in [0.1, 0.15) is 52.1 Å². The number of anilines is 1. The third kappa shape index (κ3) is 6.60. The highest BCUT2D eigenvalue weighted by Crippen LogP contribution is 2.36. The van der Waals surface area contributed by atoms with Crippen molar-refractivity contribution in [1.29, 1.82) is 0 Å². The second kappa shape index (κ2) is 12.5. The van der Waals surface area contributed by atoms with Crippen molar-refractivity contribution >= 4 is 35.3 Å². The number of thioether (sulfide) groups is 1. The van der Waals surface area contributed by atoms with Gasteiger partial charge in [-0.05, 0) is 48.8 Å². The number of piperidine rings is 1. The molecule has 0 aromatic heterocycles. The molecule has 0 radical (unpaired) electrons. The van der Waals surface area contributed by atoms with Gasteiger partial charge in [0.25, 0.3) is 0 Å². The molecule has 0 bridgehead atoms. The van der Waals surface area contributed by atoms with Gasteiger partial charge in [0.15, 0.2) is 0 Å². The first-order valence-corrected chi connectivity index (χ1v) is 15.3. The summed E-state index contributed by atoms with van der Waals surface area (Å²) >= 11 is 1.65. The summed E-state index contributed by atoms with van der Waals surface area (Å²) in [5.41, 5.74) is 3.27.